The highest BCUT2D eigenvalue weighted by molar-refractivity contribution is 5.76. The highest BCUT2D eigenvalue weighted by Gasteiger charge is 2.42. The van der Waals surface area contributed by atoms with Crippen molar-refractivity contribution in [1.29, 1.82) is 0 Å². The number of carbonyl (C=O) groups is 1. The van der Waals surface area contributed by atoms with Crippen LogP contribution in [0.15, 0.2) is 12.5 Å². The van der Waals surface area contributed by atoms with E-state index in [0.717, 1.165) is 36.4 Å². The average Bonchev–Trinajstić information content (AvgIpc) is 3.08. The predicted octanol–water partition coefficient (Wildman–Crippen LogP) is 2.67. The Morgan fingerprint density at radius 2 is 2.20 bits per heavy atom. The normalized spacial score (nSPS) is 26.4. The van der Waals surface area contributed by atoms with E-state index in [9.17, 15) is 4.79 Å². The summed E-state index contributed by atoms with van der Waals surface area (Å²) in [4.78, 5) is 18.8. The molecule has 0 bridgehead atoms. The van der Waals surface area contributed by atoms with Crippen molar-refractivity contribution in [3.8, 4) is 0 Å². The Morgan fingerprint density at radius 3 is 2.95 bits per heavy atom. The highest BCUT2D eigenvalue weighted by Crippen LogP contribution is 2.48. The van der Waals surface area contributed by atoms with E-state index >= 15 is 0 Å². The summed E-state index contributed by atoms with van der Waals surface area (Å²) in [5.41, 5.74) is 1.03. The molecule has 0 aliphatic heterocycles. The monoisotopic (exact) mass is 275 g/mol. The van der Waals surface area contributed by atoms with E-state index in [1.54, 1.807) is 12.5 Å². The average molecular weight is 275 g/mol. The van der Waals surface area contributed by atoms with Crippen molar-refractivity contribution < 1.29 is 4.79 Å². The van der Waals surface area contributed by atoms with Crippen LogP contribution < -0.4 is 5.32 Å². The minimum Gasteiger partial charge on any atom is -0.356 e. The lowest BCUT2D eigenvalue weighted by atomic mass is 9.85. The zero-order chi connectivity index (χ0) is 13.8. The van der Waals surface area contributed by atoms with E-state index in [2.05, 4.69) is 15.3 Å². The maximum atomic E-state index is 11.8. The molecular formula is C16H25N3O. The van der Waals surface area contributed by atoms with Gasteiger partial charge in [0.15, 0.2) is 0 Å². The Hall–Kier alpha value is -1.32. The summed E-state index contributed by atoms with van der Waals surface area (Å²) >= 11 is 0. The first kappa shape index (κ1) is 13.7. The Labute approximate surface area is 120 Å². The van der Waals surface area contributed by atoms with Gasteiger partial charge >= 0.3 is 0 Å². The number of hydrogen-bond donors (Lipinski definition) is 2. The lowest BCUT2D eigenvalue weighted by Crippen LogP contribution is -2.26. The zero-order valence-corrected chi connectivity index (χ0v) is 12.1. The van der Waals surface area contributed by atoms with Gasteiger partial charge in [0, 0.05) is 24.9 Å². The summed E-state index contributed by atoms with van der Waals surface area (Å²) in [7, 11) is 0. The zero-order valence-electron chi connectivity index (χ0n) is 12.1. The quantitative estimate of drug-likeness (QED) is 0.838. The number of aryl methyl sites for hydroxylation is 1. The molecule has 0 aromatic carbocycles. The maximum absolute atomic E-state index is 11.8. The molecule has 1 amide bonds. The van der Waals surface area contributed by atoms with Crippen molar-refractivity contribution in [2.75, 3.05) is 6.54 Å². The number of imidazole rings is 1. The van der Waals surface area contributed by atoms with Gasteiger partial charge in [0.1, 0.15) is 0 Å². The molecule has 2 saturated carbocycles. The third-order valence-electron chi connectivity index (χ3n) is 4.97. The van der Waals surface area contributed by atoms with Crippen molar-refractivity contribution in [1.82, 2.24) is 15.3 Å². The number of nitrogens with one attached hydrogen (secondary N) is 2. The Bertz CT molecular complexity index is 423. The predicted molar refractivity (Wildman–Crippen MR) is 78.1 cm³/mol. The summed E-state index contributed by atoms with van der Waals surface area (Å²) in [6, 6.07) is 0. The lowest BCUT2D eigenvalue weighted by Gasteiger charge is -2.21. The smallest absolute Gasteiger partial charge is 0.220 e. The maximum Gasteiger partial charge on any atom is 0.220 e. The van der Waals surface area contributed by atoms with Gasteiger partial charge in [-0.3, -0.25) is 4.79 Å². The molecule has 0 spiro atoms. The van der Waals surface area contributed by atoms with Gasteiger partial charge in [-0.15, -0.1) is 0 Å². The van der Waals surface area contributed by atoms with Gasteiger partial charge in [-0.2, -0.15) is 0 Å². The van der Waals surface area contributed by atoms with Gasteiger partial charge in [0.05, 0.1) is 6.33 Å². The van der Waals surface area contributed by atoms with Crippen LogP contribution in [0.3, 0.4) is 0 Å². The van der Waals surface area contributed by atoms with Gasteiger partial charge in [0.2, 0.25) is 5.91 Å². The number of rotatable bonds is 6. The van der Waals surface area contributed by atoms with Crippen LogP contribution in [0.25, 0.3) is 0 Å². The van der Waals surface area contributed by atoms with Crippen molar-refractivity contribution in [2.24, 2.45) is 17.8 Å². The van der Waals surface area contributed by atoms with Crippen molar-refractivity contribution >= 4 is 5.91 Å². The van der Waals surface area contributed by atoms with E-state index in [0.29, 0.717) is 6.42 Å². The second-order valence-electron chi connectivity index (χ2n) is 6.44. The largest absolute Gasteiger partial charge is 0.356 e. The molecule has 3 rings (SSSR count). The fraction of sp³-hybridized carbons (Fsp3) is 0.750. The second kappa shape index (κ2) is 6.42. The minimum atomic E-state index is 0.175. The van der Waals surface area contributed by atoms with Crippen molar-refractivity contribution in [3.05, 3.63) is 18.2 Å². The number of hydrogen-bond acceptors (Lipinski definition) is 2. The molecule has 1 heterocycles. The standard InChI is InChI=1S/C16H25N3O/c20-16(7-6-14-10-17-11-19-14)18-9-13-8-15(13)12-4-2-1-3-5-12/h10-13,15H,1-9H2,(H,17,19)(H,18,20)/t13-,15-/m0/s1. The van der Waals surface area contributed by atoms with E-state index in [4.69, 9.17) is 0 Å². The first-order valence-corrected chi connectivity index (χ1v) is 8.07. The molecule has 2 N–H and O–H groups in total. The molecule has 2 atom stereocenters. The number of H-pyrrole nitrogens is 1. The summed E-state index contributed by atoms with van der Waals surface area (Å²) in [5, 5.41) is 3.10. The molecule has 4 heteroatoms. The van der Waals surface area contributed by atoms with Gasteiger partial charge in [0.25, 0.3) is 0 Å². The van der Waals surface area contributed by atoms with Gasteiger partial charge in [-0.25, -0.2) is 4.98 Å². The third kappa shape index (κ3) is 3.62. The molecule has 0 radical (unpaired) electrons. The fourth-order valence-electron chi connectivity index (χ4n) is 3.65. The molecule has 110 valence electrons. The number of amides is 1. The van der Waals surface area contributed by atoms with Gasteiger partial charge in [-0.1, -0.05) is 32.1 Å². The Kier molecular flexibility index (Phi) is 4.38. The van der Waals surface area contributed by atoms with Crippen LogP contribution in [0.5, 0.6) is 0 Å². The minimum absolute atomic E-state index is 0.175. The number of nitrogens with zero attached hydrogens (tertiary/aromatic N) is 1. The fourth-order valence-corrected chi connectivity index (χ4v) is 3.65. The van der Waals surface area contributed by atoms with Crippen LogP contribution in [0, 0.1) is 17.8 Å². The molecule has 2 aliphatic carbocycles. The Morgan fingerprint density at radius 1 is 1.35 bits per heavy atom. The lowest BCUT2D eigenvalue weighted by molar-refractivity contribution is -0.121. The van der Waals surface area contributed by atoms with E-state index < -0.39 is 0 Å². The summed E-state index contributed by atoms with van der Waals surface area (Å²) in [6.45, 7) is 0.892. The second-order valence-corrected chi connectivity index (χ2v) is 6.44. The summed E-state index contributed by atoms with van der Waals surface area (Å²) in [5.74, 6) is 2.79. The number of carbonyl (C=O) groups excluding carboxylic acids is 1. The molecule has 2 fully saturated rings. The van der Waals surface area contributed by atoms with Crippen LogP contribution in [0.2, 0.25) is 0 Å². The molecule has 0 saturated heterocycles. The summed E-state index contributed by atoms with van der Waals surface area (Å²) < 4.78 is 0. The van der Waals surface area contributed by atoms with E-state index in [1.165, 1.54) is 38.5 Å². The van der Waals surface area contributed by atoms with Crippen LogP contribution in [0.4, 0.5) is 0 Å². The molecule has 20 heavy (non-hydrogen) atoms. The summed E-state index contributed by atoms with van der Waals surface area (Å²) in [6.07, 6.45) is 13.2. The SMILES string of the molecule is O=C(CCc1cnc[nH]1)NC[C@@H]1C[C@H]1C1CCCCC1. The van der Waals surface area contributed by atoms with Crippen LogP contribution >= 0.6 is 0 Å². The van der Waals surface area contributed by atoms with Crippen molar-refractivity contribution in [3.63, 3.8) is 0 Å². The topological polar surface area (TPSA) is 57.8 Å². The molecule has 1 aromatic heterocycles. The molecule has 2 aliphatic rings. The van der Waals surface area contributed by atoms with E-state index in [1.807, 2.05) is 0 Å². The third-order valence-corrected chi connectivity index (χ3v) is 4.97. The first-order chi connectivity index (χ1) is 9.83. The van der Waals surface area contributed by atoms with Crippen LogP contribution in [-0.4, -0.2) is 22.4 Å². The highest BCUT2D eigenvalue weighted by atomic mass is 16.1. The van der Waals surface area contributed by atoms with Crippen molar-refractivity contribution in [2.45, 2.75) is 51.4 Å². The van der Waals surface area contributed by atoms with Crippen LogP contribution in [0.1, 0.15) is 50.6 Å². The van der Waals surface area contributed by atoms with Gasteiger partial charge < -0.3 is 10.3 Å². The Balaban J connectivity index is 1.31. The van der Waals surface area contributed by atoms with E-state index in [-0.39, 0.29) is 5.91 Å². The van der Waals surface area contributed by atoms with Gasteiger partial charge in [-0.05, 0) is 30.6 Å². The first-order valence-electron chi connectivity index (χ1n) is 8.07. The molecular weight excluding hydrogens is 250 g/mol. The molecule has 1 aromatic rings. The number of aromatic amines is 1. The molecule has 0 unspecified atom stereocenters. The van der Waals surface area contributed by atoms with Crippen LogP contribution in [-0.2, 0) is 11.2 Å². The molecule has 4 nitrogen and oxygen atoms in total. The number of aromatic nitrogens is 2.